The lowest BCUT2D eigenvalue weighted by atomic mass is 9.94. The average Bonchev–Trinajstić information content (AvgIpc) is 3.09. The Morgan fingerprint density at radius 2 is 1.76 bits per heavy atom. The normalized spacial score (nSPS) is 19.8. The number of benzene rings is 1. The van der Waals surface area contributed by atoms with E-state index in [0.29, 0.717) is 43.1 Å². The van der Waals surface area contributed by atoms with Crippen LogP contribution in [0.4, 0.5) is 0 Å². The lowest BCUT2D eigenvalue weighted by Crippen LogP contribution is -2.21. The molecule has 5 heteroatoms. The Bertz CT molecular complexity index is 490. The van der Waals surface area contributed by atoms with Gasteiger partial charge in [-0.25, -0.2) is 0 Å². The van der Waals surface area contributed by atoms with E-state index in [1.54, 1.807) is 6.07 Å². The predicted molar refractivity (Wildman–Crippen MR) is 57.6 cm³/mol. The number of phenolic OH excluding ortho intramolecular Hbond substituents is 1. The molecule has 5 nitrogen and oxygen atoms in total. The van der Waals surface area contributed by atoms with E-state index in [1.165, 1.54) is 6.07 Å². The van der Waals surface area contributed by atoms with Gasteiger partial charge >= 0.3 is 5.97 Å². The van der Waals surface area contributed by atoms with Gasteiger partial charge in [-0.1, -0.05) is 0 Å². The molecule has 0 radical (unpaired) electrons. The fourth-order valence-corrected chi connectivity index (χ4v) is 2.18. The second kappa shape index (κ2) is 3.29. The number of fused-ring (bicyclic) bond motifs is 1. The van der Waals surface area contributed by atoms with Crippen LogP contribution in [0.25, 0.3) is 0 Å². The Hall–Kier alpha value is -1.91. The minimum absolute atomic E-state index is 0.0332. The van der Waals surface area contributed by atoms with Crippen LogP contribution in [0.15, 0.2) is 12.1 Å². The first kappa shape index (κ1) is 10.3. The summed E-state index contributed by atoms with van der Waals surface area (Å²) >= 11 is 0. The molecule has 1 heterocycles. The zero-order valence-electron chi connectivity index (χ0n) is 9.10. The molecule has 0 unspecified atom stereocenters. The molecule has 3 rings (SSSR count). The fraction of sp³-hybridized carbons (Fsp3) is 0.417. The summed E-state index contributed by atoms with van der Waals surface area (Å²) in [6, 6.07) is 3.03. The molecule has 1 aromatic rings. The van der Waals surface area contributed by atoms with E-state index >= 15 is 0 Å². The van der Waals surface area contributed by atoms with Gasteiger partial charge in [-0.15, -0.1) is 0 Å². The van der Waals surface area contributed by atoms with Gasteiger partial charge in [-0.05, 0) is 18.9 Å². The largest absolute Gasteiger partial charge is 0.507 e. The summed E-state index contributed by atoms with van der Waals surface area (Å²) in [6.07, 6.45) is 1.10. The van der Waals surface area contributed by atoms with Gasteiger partial charge in [-0.3, -0.25) is 4.79 Å². The van der Waals surface area contributed by atoms with Crippen molar-refractivity contribution < 1.29 is 24.5 Å². The summed E-state index contributed by atoms with van der Waals surface area (Å²) in [5.41, 5.74) is -0.505. The van der Waals surface area contributed by atoms with Gasteiger partial charge in [0, 0.05) is 11.6 Å². The van der Waals surface area contributed by atoms with E-state index in [2.05, 4.69) is 0 Å². The average molecular weight is 236 g/mol. The third-order valence-corrected chi connectivity index (χ3v) is 3.34. The second-order valence-electron chi connectivity index (χ2n) is 4.40. The van der Waals surface area contributed by atoms with Crippen molar-refractivity contribution in [3.05, 3.63) is 17.7 Å². The number of phenols is 1. The Balaban J connectivity index is 2.09. The highest BCUT2D eigenvalue weighted by Gasteiger charge is 2.53. The molecular formula is C12H12O5. The molecule has 90 valence electrons. The van der Waals surface area contributed by atoms with Crippen LogP contribution in [-0.4, -0.2) is 29.4 Å². The third kappa shape index (κ3) is 1.42. The van der Waals surface area contributed by atoms with Gasteiger partial charge in [0.1, 0.15) is 19.0 Å². The van der Waals surface area contributed by atoms with Gasteiger partial charge in [0.15, 0.2) is 11.5 Å². The maximum atomic E-state index is 11.2. The van der Waals surface area contributed by atoms with E-state index in [9.17, 15) is 15.0 Å². The van der Waals surface area contributed by atoms with Crippen LogP contribution in [-0.2, 0) is 10.2 Å². The van der Waals surface area contributed by atoms with Crippen LogP contribution in [0.1, 0.15) is 18.4 Å². The van der Waals surface area contributed by atoms with Crippen molar-refractivity contribution in [2.24, 2.45) is 0 Å². The minimum Gasteiger partial charge on any atom is -0.507 e. The quantitative estimate of drug-likeness (QED) is 0.808. The third-order valence-electron chi connectivity index (χ3n) is 3.34. The van der Waals surface area contributed by atoms with Gasteiger partial charge in [0.2, 0.25) is 0 Å². The van der Waals surface area contributed by atoms with E-state index in [-0.39, 0.29) is 5.75 Å². The number of carboxylic acid groups (broad SMARTS) is 1. The minimum atomic E-state index is -0.931. The number of ether oxygens (including phenoxy) is 2. The molecule has 0 spiro atoms. The maximum Gasteiger partial charge on any atom is 0.314 e. The van der Waals surface area contributed by atoms with Crippen LogP contribution in [0.2, 0.25) is 0 Å². The topological polar surface area (TPSA) is 76.0 Å². The Morgan fingerprint density at radius 3 is 2.29 bits per heavy atom. The molecule has 1 aliphatic heterocycles. The van der Waals surface area contributed by atoms with Crippen LogP contribution >= 0.6 is 0 Å². The molecule has 2 N–H and O–H groups in total. The van der Waals surface area contributed by atoms with Crippen LogP contribution in [0.3, 0.4) is 0 Å². The highest BCUT2D eigenvalue weighted by molar-refractivity contribution is 5.86. The maximum absolute atomic E-state index is 11.2. The van der Waals surface area contributed by atoms with Crippen molar-refractivity contribution in [3.63, 3.8) is 0 Å². The standard InChI is InChI=1S/C12H12O5/c13-8-6-10-9(16-3-4-17-10)5-7(8)12(1-2-12)11(14)15/h5-6,13H,1-4H2,(H,14,15). The van der Waals surface area contributed by atoms with Crippen molar-refractivity contribution in [3.8, 4) is 17.2 Å². The van der Waals surface area contributed by atoms with Gasteiger partial charge in [0.25, 0.3) is 0 Å². The molecule has 1 fully saturated rings. The second-order valence-corrected chi connectivity index (χ2v) is 4.40. The fourth-order valence-electron chi connectivity index (χ4n) is 2.18. The highest BCUT2D eigenvalue weighted by atomic mass is 16.6. The van der Waals surface area contributed by atoms with E-state index in [1.807, 2.05) is 0 Å². The summed E-state index contributed by atoms with van der Waals surface area (Å²) < 4.78 is 10.7. The number of aliphatic carboxylic acids is 1. The van der Waals surface area contributed by atoms with Gasteiger partial charge in [0.05, 0.1) is 5.41 Å². The Labute approximate surface area is 97.6 Å². The lowest BCUT2D eigenvalue weighted by molar-refractivity contribution is -0.140. The van der Waals surface area contributed by atoms with Crippen LogP contribution < -0.4 is 9.47 Å². The molecule has 1 aliphatic carbocycles. The molecule has 0 aromatic heterocycles. The zero-order chi connectivity index (χ0) is 12.0. The molecular weight excluding hydrogens is 224 g/mol. The predicted octanol–water partition coefficient (Wildman–Crippen LogP) is 1.28. The SMILES string of the molecule is O=C(O)C1(c2cc3c(cc2O)OCCO3)CC1. The zero-order valence-corrected chi connectivity index (χ0v) is 9.10. The van der Waals surface area contributed by atoms with E-state index < -0.39 is 11.4 Å². The monoisotopic (exact) mass is 236 g/mol. The van der Waals surface area contributed by atoms with Crippen molar-refractivity contribution in [2.75, 3.05) is 13.2 Å². The van der Waals surface area contributed by atoms with Crippen molar-refractivity contribution in [1.29, 1.82) is 0 Å². The number of carboxylic acids is 1. The smallest absolute Gasteiger partial charge is 0.314 e. The first-order valence-corrected chi connectivity index (χ1v) is 5.50. The van der Waals surface area contributed by atoms with E-state index in [0.717, 1.165) is 0 Å². The van der Waals surface area contributed by atoms with Crippen LogP contribution in [0, 0.1) is 0 Å². The molecule has 0 amide bonds. The summed E-state index contributed by atoms with van der Waals surface area (Å²) in [5.74, 6) is 0.0499. The number of hydrogen-bond acceptors (Lipinski definition) is 4. The van der Waals surface area contributed by atoms with E-state index in [4.69, 9.17) is 9.47 Å². The molecule has 0 atom stereocenters. The van der Waals surface area contributed by atoms with Crippen molar-refractivity contribution >= 4 is 5.97 Å². The Morgan fingerprint density at radius 1 is 1.18 bits per heavy atom. The molecule has 0 bridgehead atoms. The Kier molecular flexibility index (Phi) is 1.98. The molecule has 17 heavy (non-hydrogen) atoms. The van der Waals surface area contributed by atoms with Gasteiger partial charge < -0.3 is 19.7 Å². The highest BCUT2D eigenvalue weighted by Crippen LogP contribution is 2.53. The number of rotatable bonds is 2. The van der Waals surface area contributed by atoms with Crippen molar-refractivity contribution in [1.82, 2.24) is 0 Å². The van der Waals surface area contributed by atoms with Crippen molar-refractivity contribution in [2.45, 2.75) is 18.3 Å². The van der Waals surface area contributed by atoms with Gasteiger partial charge in [-0.2, -0.15) is 0 Å². The molecule has 2 aliphatic rings. The van der Waals surface area contributed by atoms with Crippen LogP contribution in [0.5, 0.6) is 17.2 Å². The lowest BCUT2D eigenvalue weighted by Gasteiger charge is -2.21. The molecule has 0 saturated heterocycles. The molecule has 1 aromatic carbocycles. The summed E-state index contributed by atoms with van der Waals surface area (Å²) in [4.78, 5) is 11.2. The first-order valence-electron chi connectivity index (χ1n) is 5.50. The first-order chi connectivity index (χ1) is 8.13. The summed E-state index contributed by atoms with van der Waals surface area (Å²) in [7, 11) is 0. The number of hydrogen-bond donors (Lipinski definition) is 2. The number of carbonyl (C=O) groups is 1. The summed E-state index contributed by atoms with van der Waals surface area (Å²) in [5, 5.41) is 19.1. The summed E-state index contributed by atoms with van der Waals surface area (Å²) in [6.45, 7) is 0.882. The molecule has 1 saturated carbocycles. The number of aromatic hydroxyl groups is 1.